The number of nitrogens with one attached hydrogen (secondary N) is 1. The Morgan fingerprint density at radius 3 is 2.46 bits per heavy atom. The minimum Gasteiger partial charge on any atom is -0.395 e. The first-order valence-electron chi connectivity index (χ1n) is 9.05. The third-order valence-corrected chi connectivity index (χ3v) is 5.78. The third kappa shape index (κ3) is 3.09. The fourth-order valence-electron chi connectivity index (χ4n) is 4.16. The van der Waals surface area contributed by atoms with Crippen LogP contribution < -0.4 is 5.32 Å². The summed E-state index contributed by atoms with van der Waals surface area (Å²) >= 11 is 0. The van der Waals surface area contributed by atoms with Crippen LogP contribution in [0.1, 0.15) is 13.8 Å². The molecule has 6 nitrogen and oxygen atoms in total. The number of aliphatic hydroxyl groups is 2. The zero-order chi connectivity index (χ0) is 18.7. The number of allylic oxidation sites excluding steroid dienone is 1. The van der Waals surface area contributed by atoms with E-state index in [1.165, 1.54) is 0 Å². The molecule has 1 fully saturated rings. The van der Waals surface area contributed by atoms with E-state index in [1.54, 1.807) is 0 Å². The quantitative estimate of drug-likeness (QED) is 0.727. The molecule has 1 saturated carbocycles. The summed E-state index contributed by atoms with van der Waals surface area (Å²) in [6.45, 7) is 4.97. The van der Waals surface area contributed by atoms with E-state index in [4.69, 9.17) is 4.99 Å². The van der Waals surface area contributed by atoms with Crippen LogP contribution >= 0.6 is 0 Å². The van der Waals surface area contributed by atoms with Gasteiger partial charge in [-0.1, -0.05) is 32.0 Å². The van der Waals surface area contributed by atoms with Crippen molar-refractivity contribution in [2.45, 2.75) is 13.8 Å². The molecule has 0 saturated heterocycles. The smallest absolute Gasteiger partial charge is 0.128 e. The van der Waals surface area contributed by atoms with E-state index < -0.39 is 0 Å². The zero-order valence-electron chi connectivity index (χ0n) is 15.3. The van der Waals surface area contributed by atoms with Crippen molar-refractivity contribution in [3.8, 4) is 6.07 Å². The van der Waals surface area contributed by atoms with Gasteiger partial charge in [0.2, 0.25) is 0 Å². The van der Waals surface area contributed by atoms with Gasteiger partial charge in [0.1, 0.15) is 11.7 Å². The molecule has 1 aliphatic carbocycles. The lowest BCUT2D eigenvalue weighted by Crippen LogP contribution is -2.58. The largest absolute Gasteiger partial charge is 0.395 e. The lowest BCUT2D eigenvalue weighted by Gasteiger charge is -2.54. The molecule has 0 spiro atoms. The number of aliphatic imine (C=N–C) groups is 1. The predicted octanol–water partition coefficient (Wildman–Crippen LogP) is 2.05. The Morgan fingerprint density at radius 1 is 1.23 bits per heavy atom. The van der Waals surface area contributed by atoms with Gasteiger partial charge in [-0.25, -0.2) is 4.99 Å². The molecule has 0 radical (unpaired) electrons. The molecule has 6 heteroatoms. The summed E-state index contributed by atoms with van der Waals surface area (Å²) in [6, 6.07) is 12.3. The number of aliphatic hydroxyl groups excluding tert-OH is 2. The number of rotatable bonds is 6. The number of amidine groups is 1. The van der Waals surface area contributed by atoms with E-state index >= 15 is 0 Å². The van der Waals surface area contributed by atoms with E-state index in [1.807, 2.05) is 35.2 Å². The van der Waals surface area contributed by atoms with Gasteiger partial charge in [0.25, 0.3) is 0 Å². The average molecular weight is 354 g/mol. The van der Waals surface area contributed by atoms with Gasteiger partial charge < -0.3 is 20.4 Å². The Morgan fingerprint density at radius 2 is 1.88 bits per heavy atom. The molecule has 26 heavy (non-hydrogen) atoms. The van der Waals surface area contributed by atoms with Crippen LogP contribution in [-0.4, -0.2) is 47.3 Å². The van der Waals surface area contributed by atoms with E-state index in [-0.39, 0.29) is 36.4 Å². The van der Waals surface area contributed by atoms with Gasteiger partial charge in [-0.05, 0) is 24.1 Å². The zero-order valence-corrected chi connectivity index (χ0v) is 15.3. The highest BCUT2D eigenvalue weighted by atomic mass is 16.3. The molecule has 0 amide bonds. The molecule has 4 unspecified atom stereocenters. The standard InChI is InChI=1S/C20H26N4O2/c1-14-18-16(13-21)20(14,2)12-17(22-15-6-4-3-5-7-15)23-19(18)24(8-10-25)9-11-26/h3-7,12,14,16,18,22,25-26H,8-11H2,1-2H3. The fourth-order valence-corrected chi connectivity index (χ4v) is 4.16. The number of hydrogen-bond acceptors (Lipinski definition) is 6. The minimum atomic E-state index is -0.258. The van der Waals surface area contributed by atoms with Gasteiger partial charge in [-0.15, -0.1) is 0 Å². The second-order valence-corrected chi connectivity index (χ2v) is 7.21. The SMILES string of the molecule is CC1C2C(N(CCO)CCO)=NC(Nc3ccccc3)=CC1(C)C2C#N. The van der Waals surface area contributed by atoms with Crippen LogP contribution in [0.25, 0.3) is 0 Å². The molecule has 2 bridgehead atoms. The summed E-state index contributed by atoms with van der Waals surface area (Å²) in [6.07, 6.45) is 2.07. The summed E-state index contributed by atoms with van der Waals surface area (Å²) in [5, 5.41) is 32.0. The van der Waals surface area contributed by atoms with Crippen molar-refractivity contribution in [1.29, 1.82) is 5.26 Å². The van der Waals surface area contributed by atoms with Crippen LogP contribution in [0, 0.1) is 34.5 Å². The number of anilines is 1. The van der Waals surface area contributed by atoms with E-state index in [9.17, 15) is 15.5 Å². The third-order valence-electron chi connectivity index (χ3n) is 5.78. The Labute approximate surface area is 154 Å². The topological polar surface area (TPSA) is 91.9 Å². The molecule has 3 aliphatic rings. The Bertz CT molecular complexity index is 734. The Hall–Kier alpha value is -2.36. The van der Waals surface area contributed by atoms with Crippen LogP contribution in [0.2, 0.25) is 0 Å². The number of benzene rings is 1. The molecule has 138 valence electrons. The van der Waals surface area contributed by atoms with E-state index in [0.717, 1.165) is 11.5 Å². The highest BCUT2D eigenvalue weighted by Crippen LogP contribution is 2.59. The van der Waals surface area contributed by atoms with Gasteiger partial charge in [0.05, 0.1) is 25.2 Å². The van der Waals surface area contributed by atoms with Crippen LogP contribution in [0.4, 0.5) is 5.69 Å². The van der Waals surface area contributed by atoms with Crippen LogP contribution in [-0.2, 0) is 0 Å². The summed E-state index contributed by atoms with van der Waals surface area (Å²) in [5.41, 5.74) is 0.674. The van der Waals surface area contributed by atoms with Gasteiger partial charge in [0, 0.05) is 30.1 Å². The summed E-state index contributed by atoms with van der Waals surface area (Å²) in [4.78, 5) is 6.74. The maximum atomic E-state index is 9.76. The summed E-state index contributed by atoms with van der Waals surface area (Å²) in [5.74, 6) is 1.56. The lowest BCUT2D eigenvalue weighted by atomic mass is 9.48. The molecule has 4 atom stereocenters. The predicted molar refractivity (Wildman–Crippen MR) is 101 cm³/mol. The first kappa shape index (κ1) is 18.4. The maximum Gasteiger partial charge on any atom is 0.128 e. The van der Waals surface area contributed by atoms with Crippen LogP contribution in [0.15, 0.2) is 47.2 Å². The Balaban J connectivity index is 2.01. The summed E-state index contributed by atoms with van der Waals surface area (Å²) in [7, 11) is 0. The minimum absolute atomic E-state index is 0.00516. The highest BCUT2D eigenvalue weighted by Gasteiger charge is 2.60. The number of nitrogens with zero attached hydrogens (tertiary/aromatic N) is 3. The van der Waals surface area contributed by atoms with Gasteiger partial charge in [-0.3, -0.25) is 0 Å². The van der Waals surface area contributed by atoms with Crippen molar-refractivity contribution < 1.29 is 10.2 Å². The maximum absolute atomic E-state index is 9.76. The number of hydrogen-bond donors (Lipinski definition) is 3. The Kier molecular flexibility index (Phi) is 5.30. The highest BCUT2D eigenvalue weighted by molar-refractivity contribution is 5.89. The van der Waals surface area contributed by atoms with Gasteiger partial charge in [0.15, 0.2) is 0 Å². The van der Waals surface area contributed by atoms with Crippen molar-refractivity contribution in [3.63, 3.8) is 0 Å². The van der Waals surface area contributed by atoms with Crippen molar-refractivity contribution >= 4 is 11.5 Å². The fraction of sp³-hybridized carbons (Fsp3) is 0.500. The molecule has 3 N–H and O–H groups in total. The van der Waals surface area contributed by atoms with Crippen molar-refractivity contribution in [2.75, 3.05) is 31.6 Å². The van der Waals surface area contributed by atoms with Crippen molar-refractivity contribution in [1.82, 2.24) is 4.90 Å². The first-order valence-corrected chi connectivity index (χ1v) is 9.05. The van der Waals surface area contributed by atoms with E-state index in [2.05, 4.69) is 31.3 Å². The molecule has 2 aliphatic heterocycles. The second kappa shape index (κ2) is 7.48. The van der Waals surface area contributed by atoms with Gasteiger partial charge >= 0.3 is 0 Å². The molecule has 2 heterocycles. The monoisotopic (exact) mass is 354 g/mol. The van der Waals surface area contributed by atoms with E-state index in [0.29, 0.717) is 18.9 Å². The normalized spacial score (nSPS) is 29.6. The van der Waals surface area contributed by atoms with Crippen molar-refractivity contribution in [3.05, 3.63) is 42.2 Å². The van der Waals surface area contributed by atoms with Crippen molar-refractivity contribution in [2.24, 2.45) is 28.2 Å². The lowest BCUT2D eigenvalue weighted by molar-refractivity contribution is 0.0103. The van der Waals surface area contributed by atoms with Crippen LogP contribution in [0.5, 0.6) is 0 Å². The average Bonchev–Trinajstić information content (AvgIpc) is 2.83. The number of nitriles is 1. The molecule has 4 rings (SSSR count). The molecule has 1 aromatic rings. The van der Waals surface area contributed by atoms with Gasteiger partial charge in [-0.2, -0.15) is 5.26 Å². The number of para-hydroxylation sites is 1. The summed E-state index contributed by atoms with van der Waals surface area (Å²) < 4.78 is 0. The first-order chi connectivity index (χ1) is 12.5. The molecular formula is C20H26N4O2. The molecule has 0 aromatic heterocycles. The number of fused-ring (bicyclic) bond motifs is 1. The molecular weight excluding hydrogens is 328 g/mol. The van der Waals surface area contributed by atoms with Crippen LogP contribution in [0.3, 0.4) is 0 Å². The molecule has 1 aromatic carbocycles. The second-order valence-electron chi connectivity index (χ2n) is 7.21.